The van der Waals surface area contributed by atoms with Gasteiger partial charge in [-0.2, -0.15) is 0 Å². The van der Waals surface area contributed by atoms with Crippen LogP contribution in [0, 0.1) is 13.8 Å². The van der Waals surface area contributed by atoms with Crippen LogP contribution in [0.3, 0.4) is 0 Å². The van der Waals surface area contributed by atoms with Gasteiger partial charge in [0.05, 0.1) is 11.5 Å². The lowest BCUT2D eigenvalue weighted by Gasteiger charge is -2.12. The maximum atomic E-state index is 12.4. The molecule has 6 heteroatoms. The summed E-state index contributed by atoms with van der Waals surface area (Å²) in [7, 11) is -3.69. The Morgan fingerprint density at radius 1 is 1.14 bits per heavy atom. The number of aliphatic hydroxyl groups is 1. The van der Waals surface area contributed by atoms with E-state index in [9.17, 15) is 8.42 Å². The van der Waals surface area contributed by atoms with Gasteiger partial charge in [0.15, 0.2) is 0 Å². The number of sulfonamides is 1. The Bertz CT molecular complexity index is 730. The number of nitrogens with one attached hydrogen (secondary N) is 1. The zero-order valence-electron chi connectivity index (χ0n) is 11.9. The van der Waals surface area contributed by atoms with E-state index < -0.39 is 10.0 Å². The summed E-state index contributed by atoms with van der Waals surface area (Å²) in [6, 6.07) is 9.57. The molecule has 0 saturated carbocycles. The summed E-state index contributed by atoms with van der Waals surface area (Å²) in [5.41, 5.74) is 9.13. The van der Waals surface area contributed by atoms with E-state index in [0.717, 1.165) is 11.1 Å². The topological polar surface area (TPSA) is 92.4 Å². The third-order valence-corrected chi connectivity index (χ3v) is 4.74. The molecule has 0 spiro atoms. The van der Waals surface area contributed by atoms with E-state index >= 15 is 0 Å². The molecule has 0 aliphatic carbocycles. The quantitative estimate of drug-likeness (QED) is 0.755. The Kier molecular flexibility index (Phi) is 4.20. The number of nitrogen functional groups attached to an aromatic ring is 1. The molecule has 0 radical (unpaired) electrons. The average Bonchev–Trinajstić information content (AvgIpc) is 2.44. The van der Waals surface area contributed by atoms with E-state index in [1.807, 2.05) is 13.8 Å². The van der Waals surface area contributed by atoms with Crippen molar-refractivity contribution in [2.75, 3.05) is 10.5 Å². The number of hydrogen-bond donors (Lipinski definition) is 3. The minimum Gasteiger partial charge on any atom is -0.398 e. The first-order valence-corrected chi connectivity index (χ1v) is 7.91. The predicted molar refractivity (Wildman–Crippen MR) is 83.5 cm³/mol. The van der Waals surface area contributed by atoms with Crippen molar-refractivity contribution in [3.05, 3.63) is 53.1 Å². The number of rotatable bonds is 4. The number of benzene rings is 2. The molecule has 112 valence electrons. The van der Waals surface area contributed by atoms with Crippen LogP contribution in [-0.4, -0.2) is 13.5 Å². The Balaban J connectivity index is 2.33. The second kappa shape index (κ2) is 5.75. The van der Waals surface area contributed by atoms with Crippen LogP contribution in [0.15, 0.2) is 41.3 Å². The molecule has 0 atom stereocenters. The smallest absolute Gasteiger partial charge is 0.261 e. The number of hydrogen-bond acceptors (Lipinski definition) is 4. The monoisotopic (exact) mass is 306 g/mol. The highest BCUT2D eigenvalue weighted by Gasteiger charge is 2.16. The van der Waals surface area contributed by atoms with Gasteiger partial charge in [-0.15, -0.1) is 0 Å². The summed E-state index contributed by atoms with van der Waals surface area (Å²) < 4.78 is 27.2. The van der Waals surface area contributed by atoms with E-state index in [1.54, 1.807) is 30.3 Å². The van der Waals surface area contributed by atoms with Crippen molar-refractivity contribution in [2.45, 2.75) is 25.3 Å². The van der Waals surface area contributed by atoms with Crippen molar-refractivity contribution in [3.63, 3.8) is 0 Å². The first kappa shape index (κ1) is 15.3. The van der Waals surface area contributed by atoms with E-state index in [0.29, 0.717) is 16.9 Å². The van der Waals surface area contributed by atoms with Crippen LogP contribution >= 0.6 is 0 Å². The Morgan fingerprint density at radius 2 is 1.76 bits per heavy atom. The van der Waals surface area contributed by atoms with Gasteiger partial charge in [0, 0.05) is 11.4 Å². The zero-order chi connectivity index (χ0) is 15.6. The molecule has 0 fully saturated rings. The zero-order valence-corrected chi connectivity index (χ0v) is 12.7. The molecule has 4 N–H and O–H groups in total. The summed E-state index contributed by atoms with van der Waals surface area (Å²) in [4.78, 5) is 0.134. The van der Waals surface area contributed by atoms with Crippen molar-refractivity contribution in [3.8, 4) is 0 Å². The van der Waals surface area contributed by atoms with E-state index in [1.165, 1.54) is 6.07 Å². The largest absolute Gasteiger partial charge is 0.398 e. The molecule has 0 bridgehead atoms. The normalized spacial score (nSPS) is 11.4. The highest BCUT2D eigenvalue weighted by atomic mass is 32.2. The van der Waals surface area contributed by atoms with Crippen molar-refractivity contribution >= 4 is 21.4 Å². The molecular formula is C15H18N2O3S. The molecule has 21 heavy (non-hydrogen) atoms. The molecule has 0 saturated heterocycles. The molecule has 0 amide bonds. The van der Waals surface area contributed by atoms with Crippen molar-refractivity contribution in [1.82, 2.24) is 0 Å². The third-order valence-electron chi connectivity index (χ3n) is 3.38. The van der Waals surface area contributed by atoms with Gasteiger partial charge in [-0.05, 0) is 54.8 Å². The molecule has 0 aliphatic heterocycles. The van der Waals surface area contributed by atoms with Crippen LogP contribution in [0.25, 0.3) is 0 Å². The SMILES string of the molecule is Cc1cc(S(=O)(=O)Nc2ccc(CO)cc2)cc(N)c1C. The molecule has 0 heterocycles. The summed E-state index contributed by atoms with van der Waals surface area (Å²) >= 11 is 0. The number of nitrogens with two attached hydrogens (primary N) is 1. The molecule has 5 nitrogen and oxygen atoms in total. The average molecular weight is 306 g/mol. The summed E-state index contributed by atoms with van der Waals surface area (Å²) in [5.74, 6) is 0. The second-order valence-electron chi connectivity index (χ2n) is 4.91. The lowest BCUT2D eigenvalue weighted by atomic mass is 10.1. The fraction of sp³-hybridized carbons (Fsp3) is 0.200. The number of aliphatic hydroxyl groups excluding tert-OH is 1. The Hall–Kier alpha value is -2.05. The fourth-order valence-corrected chi connectivity index (χ4v) is 3.08. The molecule has 2 aromatic carbocycles. The van der Waals surface area contributed by atoms with E-state index in [4.69, 9.17) is 10.8 Å². The van der Waals surface area contributed by atoms with Crippen molar-refractivity contribution in [2.24, 2.45) is 0 Å². The van der Waals surface area contributed by atoms with Gasteiger partial charge >= 0.3 is 0 Å². The van der Waals surface area contributed by atoms with Crippen LogP contribution < -0.4 is 10.5 Å². The van der Waals surface area contributed by atoms with Crippen molar-refractivity contribution in [1.29, 1.82) is 0 Å². The van der Waals surface area contributed by atoms with Gasteiger partial charge in [-0.1, -0.05) is 12.1 Å². The van der Waals surface area contributed by atoms with E-state index in [2.05, 4.69) is 4.72 Å². The summed E-state index contributed by atoms with van der Waals surface area (Å²) in [5, 5.41) is 8.97. The second-order valence-corrected chi connectivity index (χ2v) is 6.60. The van der Waals surface area contributed by atoms with Gasteiger partial charge in [0.1, 0.15) is 0 Å². The standard InChI is InChI=1S/C15H18N2O3S/c1-10-7-14(8-15(16)11(10)2)21(19,20)17-13-5-3-12(9-18)4-6-13/h3-8,17-18H,9,16H2,1-2H3. The van der Waals surface area contributed by atoms with Gasteiger partial charge in [-0.25, -0.2) is 8.42 Å². The Morgan fingerprint density at radius 3 is 2.29 bits per heavy atom. The van der Waals surface area contributed by atoms with Gasteiger partial charge in [-0.3, -0.25) is 4.72 Å². The van der Waals surface area contributed by atoms with Gasteiger partial charge in [0.2, 0.25) is 0 Å². The fourth-order valence-electron chi connectivity index (χ4n) is 1.90. The molecular weight excluding hydrogens is 288 g/mol. The maximum Gasteiger partial charge on any atom is 0.261 e. The Labute approximate surface area is 124 Å². The van der Waals surface area contributed by atoms with Crippen LogP contribution in [0.5, 0.6) is 0 Å². The van der Waals surface area contributed by atoms with Crippen LogP contribution in [-0.2, 0) is 16.6 Å². The molecule has 0 unspecified atom stereocenters. The van der Waals surface area contributed by atoms with Crippen LogP contribution in [0.4, 0.5) is 11.4 Å². The lowest BCUT2D eigenvalue weighted by molar-refractivity contribution is 0.282. The minimum absolute atomic E-state index is 0.0826. The maximum absolute atomic E-state index is 12.4. The lowest BCUT2D eigenvalue weighted by Crippen LogP contribution is -2.14. The first-order chi connectivity index (χ1) is 9.83. The summed E-state index contributed by atoms with van der Waals surface area (Å²) in [6.45, 7) is 3.59. The van der Waals surface area contributed by atoms with Gasteiger partial charge in [0.25, 0.3) is 10.0 Å². The van der Waals surface area contributed by atoms with Crippen molar-refractivity contribution < 1.29 is 13.5 Å². The number of aryl methyl sites for hydroxylation is 1. The number of anilines is 2. The van der Waals surface area contributed by atoms with Gasteiger partial charge < -0.3 is 10.8 Å². The van der Waals surface area contributed by atoms with Crippen LogP contribution in [0.1, 0.15) is 16.7 Å². The minimum atomic E-state index is -3.69. The molecule has 0 aliphatic rings. The first-order valence-electron chi connectivity index (χ1n) is 6.43. The van der Waals surface area contributed by atoms with Crippen LogP contribution in [0.2, 0.25) is 0 Å². The predicted octanol–water partition coefficient (Wildman–Crippen LogP) is 2.18. The molecule has 2 aromatic rings. The highest BCUT2D eigenvalue weighted by Crippen LogP contribution is 2.23. The molecule has 2 rings (SSSR count). The third kappa shape index (κ3) is 3.34. The summed E-state index contributed by atoms with van der Waals surface area (Å²) in [6.07, 6.45) is 0. The molecule has 0 aromatic heterocycles. The van der Waals surface area contributed by atoms with E-state index in [-0.39, 0.29) is 11.5 Å². The highest BCUT2D eigenvalue weighted by molar-refractivity contribution is 7.92.